The predicted octanol–water partition coefficient (Wildman–Crippen LogP) is 2.20. The zero-order valence-electron chi connectivity index (χ0n) is 18.7. The quantitative estimate of drug-likeness (QED) is 0.537. The molecule has 2 aromatic rings. The Bertz CT molecular complexity index is 1070. The van der Waals surface area contributed by atoms with Crippen molar-refractivity contribution in [3.63, 3.8) is 0 Å². The van der Waals surface area contributed by atoms with Crippen molar-refractivity contribution in [1.82, 2.24) is 5.32 Å². The van der Waals surface area contributed by atoms with E-state index in [2.05, 4.69) is 5.32 Å². The van der Waals surface area contributed by atoms with Crippen molar-refractivity contribution >= 4 is 27.6 Å². The van der Waals surface area contributed by atoms with Crippen molar-refractivity contribution in [2.45, 2.75) is 19.4 Å². The Balaban J connectivity index is 2.33. The van der Waals surface area contributed by atoms with E-state index in [4.69, 9.17) is 14.2 Å². The number of carbonyl (C=O) groups is 2. The fraction of sp³-hybridized carbons (Fsp3) is 0.364. The summed E-state index contributed by atoms with van der Waals surface area (Å²) < 4.78 is 41.1. The van der Waals surface area contributed by atoms with Gasteiger partial charge in [0.05, 0.1) is 45.7 Å². The smallest absolute Gasteiger partial charge is 0.307 e. The maximum Gasteiger partial charge on any atom is 0.307 e. The SMILES string of the molecule is COC(=O)CC(NC(=O)CN(c1ccccc1C)S(C)(=O)=O)c1ccc(OC)c(OC)c1. The van der Waals surface area contributed by atoms with Gasteiger partial charge in [-0.3, -0.25) is 13.9 Å². The van der Waals surface area contributed by atoms with E-state index < -0.39 is 34.5 Å². The molecular formula is C22H28N2O7S. The first-order valence-corrected chi connectivity index (χ1v) is 11.6. The van der Waals surface area contributed by atoms with Crippen LogP contribution in [0.3, 0.4) is 0 Å². The second-order valence-electron chi connectivity index (χ2n) is 7.07. The number of rotatable bonds is 10. The first-order valence-electron chi connectivity index (χ1n) is 9.72. The number of aryl methyl sites for hydroxylation is 1. The second kappa shape index (κ2) is 10.9. The predicted molar refractivity (Wildman–Crippen MR) is 120 cm³/mol. The molecule has 32 heavy (non-hydrogen) atoms. The Kier molecular flexibility index (Phi) is 8.48. The Hall–Kier alpha value is -3.27. The standard InChI is InChI=1S/C22H28N2O7S/c1-15-8-6-7-9-18(15)24(32(5,27)28)14-21(25)23-17(13-22(26)31-4)16-10-11-19(29-2)20(12-16)30-3/h6-12,17H,13-14H2,1-5H3,(H,23,25). The minimum Gasteiger partial charge on any atom is -0.493 e. The van der Waals surface area contributed by atoms with Gasteiger partial charge in [-0.05, 0) is 36.2 Å². The lowest BCUT2D eigenvalue weighted by atomic mass is 10.0. The summed E-state index contributed by atoms with van der Waals surface area (Å²) in [5.74, 6) is -0.208. The van der Waals surface area contributed by atoms with Crippen molar-refractivity contribution in [3.05, 3.63) is 53.6 Å². The van der Waals surface area contributed by atoms with Gasteiger partial charge in [-0.25, -0.2) is 8.42 Å². The lowest BCUT2D eigenvalue weighted by Gasteiger charge is -2.25. The van der Waals surface area contributed by atoms with Gasteiger partial charge in [-0.2, -0.15) is 0 Å². The molecule has 0 bridgehead atoms. The van der Waals surface area contributed by atoms with Gasteiger partial charge in [0.15, 0.2) is 11.5 Å². The highest BCUT2D eigenvalue weighted by atomic mass is 32.2. The maximum atomic E-state index is 12.9. The third kappa shape index (κ3) is 6.36. The van der Waals surface area contributed by atoms with Gasteiger partial charge in [0.2, 0.25) is 15.9 Å². The Morgan fingerprint density at radius 2 is 1.69 bits per heavy atom. The first kappa shape index (κ1) is 25.0. The Morgan fingerprint density at radius 1 is 1.03 bits per heavy atom. The average Bonchev–Trinajstić information content (AvgIpc) is 2.76. The number of benzene rings is 2. The number of hydrogen-bond acceptors (Lipinski definition) is 7. The van der Waals surface area contributed by atoms with Crippen LogP contribution in [0, 0.1) is 6.92 Å². The molecule has 2 aromatic carbocycles. The normalized spacial score (nSPS) is 11.9. The molecule has 0 heterocycles. The van der Waals surface area contributed by atoms with Gasteiger partial charge in [-0.1, -0.05) is 24.3 Å². The molecule has 0 aromatic heterocycles. The van der Waals surface area contributed by atoms with Crippen LogP contribution in [-0.2, 0) is 24.3 Å². The molecule has 1 N–H and O–H groups in total. The highest BCUT2D eigenvalue weighted by molar-refractivity contribution is 7.92. The largest absolute Gasteiger partial charge is 0.493 e. The summed E-state index contributed by atoms with van der Waals surface area (Å²) in [5, 5.41) is 2.74. The number of hydrogen-bond donors (Lipinski definition) is 1. The molecule has 1 unspecified atom stereocenters. The van der Waals surface area contributed by atoms with Crippen molar-refractivity contribution in [2.75, 3.05) is 38.4 Å². The molecule has 9 nitrogen and oxygen atoms in total. The molecule has 2 rings (SSSR count). The van der Waals surface area contributed by atoms with E-state index in [9.17, 15) is 18.0 Å². The summed E-state index contributed by atoms with van der Waals surface area (Å²) in [5.41, 5.74) is 1.68. The summed E-state index contributed by atoms with van der Waals surface area (Å²) in [6, 6.07) is 11.1. The lowest BCUT2D eigenvalue weighted by molar-refractivity contribution is -0.141. The van der Waals surface area contributed by atoms with Crippen LogP contribution < -0.4 is 19.1 Å². The van der Waals surface area contributed by atoms with Crippen molar-refractivity contribution in [2.24, 2.45) is 0 Å². The minimum atomic E-state index is -3.74. The monoisotopic (exact) mass is 464 g/mol. The third-order valence-corrected chi connectivity index (χ3v) is 5.94. The van der Waals surface area contributed by atoms with Crippen LogP contribution in [0.4, 0.5) is 5.69 Å². The number of nitrogens with one attached hydrogen (secondary N) is 1. The van der Waals surface area contributed by atoms with Crippen molar-refractivity contribution in [1.29, 1.82) is 0 Å². The zero-order valence-corrected chi connectivity index (χ0v) is 19.6. The molecule has 0 spiro atoms. The number of amides is 1. The molecule has 1 atom stereocenters. The molecule has 174 valence electrons. The lowest BCUT2D eigenvalue weighted by Crippen LogP contribution is -2.42. The van der Waals surface area contributed by atoms with Gasteiger partial charge in [-0.15, -0.1) is 0 Å². The van der Waals surface area contributed by atoms with E-state index in [0.717, 1.165) is 10.6 Å². The van der Waals surface area contributed by atoms with Gasteiger partial charge < -0.3 is 19.5 Å². The molecule has 0 aliphatic rings. The number of esters is 1. The molecule has 0 radical (unpaired) electrons. The fourth-order valence-corrected chi connectivity index (χ4v) is 4.08. The topological polar surface area (TPSA) is 111 Å². The summed E-state index contributed by atoms with van der Waals surface area (Å²) in [4.78, 5) is 24.9. The Morgan fingerprint density at radius 3 is 2.25 bits per heavy atom. The van der Waals surface area contributed by atoms with E-state index in [1.54, 1.807) is 49.4 Å². The van der Waals surface area contributed by atoms with Crippen LogP contribution in [0.1, 0.15) is 23.6 Å². The van der Waals surface area contributed by atoms with E-state index in [0.29, 0.717) is 28.3 Å². The van der Waals surface area contributed by atoms with Crippen LogP contribution in [0.2, 0.25) is 0 Å². The van der Waals surface area contributed by atoms with Gasteiger partial charge >= 0.3 is 5.97 Å². The van der Waals surface area contributed by atoms with Gasteiger partial charge in [0.1, 0.15) is 6.54 Å². The summed E-state index contributed by atoms with van der Waals surface area (Å²) in [6.07, 6.45) is 0.883. The fourth-order valence-electron chi connectivity index (χ4n) is 3.17. The van der Waals surface area contributed by atoms with Crippen LogP contribution in [0.15, 0.2) is 42.5 Å². The molecule has 0 aliphatic carbocycles. The number of sulfonamides is 1. The van der Waals surface area contributed by atoms with Crippen molar-refractivity contribution in [3.8, 4) is 11.5 Å². The van der Waals surface area contributed by atoms with Crippen LogP contribution in [-0.4, -0.2) is 54.4 Å². The average molecular weight is 465 g/mol. The molecular weight excluding hydrogens is 436 g/mol. The molecule has 0 saturated heterocycles. The highest BCUT2D eigenvalue weighted by Gasteiger charge is 2.25. The highest BCUT2D eigenvalue weighted by Crippen LogP contribution is 2.31. The van der Waals surface area contributed by atoms with Crippen LogP contribution in [0.25, 0.3) is 0 Å². The van der Waals surface area contributed by atoms with Crippen molar-refractivity contribution < 1.29 is 32.2 Å². The summed E-state index contributed by atoms with van der Waals surface area (Å²) in [6.45, 7) is 1.31. The number of nitrogens with zero attached hydrogens (tertiary/aromatic N) is 1. The first-order chi connectivity index (χ1) is 15.1. The number of anilines is 1. The number of carbonyl (C=O) groups excluding carboxylic acids is 2. The van der Waals surface area contributed by atoms with E-state index >= 15 is 0 Å². The van der Waals surface area contributed by atoms with Crippen LogP contribution >= 0.6 is 0 Å². The summed E-state index contributed by atoms with van der Waals surface area (Å²) >= 11 is 0. The zero-order chi connectivity index (χ0) is 23.9. The molecule has 0 fully saturated rings. The minimum absolute atomic E-state index is 0.152. The van der Waals surface area contributed by atoms with Gasteiger partial charge in [0, 0.05) is 0 Å². The molecule has 0 aliphatic heterocycles. The third-order valence-electron chi connectivity index (χ3n) is 4.82. The second-order valence-corrected chi connectivity index (χ2v) is 8.98. The summed E-state index contributed by atoms with van der Waals surface area (Å²) in [7, 11) is 0.481. The Labute approximate surface area is 188 Å². The number of para-hydroxylation sites is 1. The van der Waals surface area contributed by atoms with Gasteiger partial charge in [0.25, 0.3) is 0 Å². The van der Waals surface area contributed by atoms with E-state index in [1.165, 1.54) is 21.3 Å². The molecule has 10 heteroatoms. The maximum absolute atomic E-state index is 12.9. The molecule has 0 saturated carbocycles. The number of methoxy groups -OCH3 is 3. The number of ether oxygens (including phenoxy) is 3. The molecule has 1 amide bonds. The van der Waals surface area contributed by atoms with Crippen LogP contribution in [0.5, 0.6) is 11.5 Å². The van der Waals surface area contributed by atoms with E-state index in [-0.39, 0.29) is 6.42 Å². The van der Waals surface area contributed by atoms with E-state index in [1.807, 2.05) is 0 Å².